The number of carbonyl (C=O) groups excluding carboxylic acids is 1. The first-order valence-corrected chi connectivity index (χ1v) is 10.6. The molecule has 29 heavy (non-hydrogen) atoms. The van der Waals surface area contributed by atoms with Crippen LogP contribution in [0.3, 0.4) is 0 Å². The van der Waals surface area contributed by atoms with Gasteiger partial charge in [-0.05, 0) is 39.2 Å². The molecule has 156 valence electrons. The molecule has 0 aliphatic carbocycles. The fraction of sp³-hybridized carbons (Fsp3) is 0.667. The number of nitrogens with zero attached hydrogens (tertiary/aromatic N) is 3. The van der Waals surface area contributed by atoms with Crippen LogP contribution in [0, 0.1) is 25.7 Å². The van der Waals surface area contributed by atoms with Gasteiger partial charge in [0.1, 0.15) is 5.76 Å². The van der Waals surface area contributed by atoms with Crippen LogP contribution in [0.2, 0.25) is 0 Å². The lowest BCUT2D eigenvalue weighted by molar-refractivity contribution is -0.121. The van der Waals surface area contributed by atoms with Gasteiger partial charge in [0.25, 0.3) is 0 Å². The number of aromatic amines is 1. The monoisotopic (exact) mass is 399 g/mol. The van der Waals surface area contributed by atoms with Gasteiger partial charge >= 0.3 is 0 Å². The first-order valence-electron chi connectivity index (χ1n) is 10.6. The van der Waals surface area contributed by atoms with Crippen molar-refractivity contribution in [3.8, 4) is 0 Å². The molecule has 2 bridgehead atoms. The van der Waals surface area contributed by atoms with Gasteiger partial charge < -0.3 is 14.6 Å². The van der Waals surface area contributed by atoms with Crippen LogP contribution in [0.25, 0.3) is 0 Å². The minimum absolute atomic E-state index is 0.0171. The third-order valence-electron chi connectivity index (χ3n) is 7.12. The number of aromatic nitrogens is 3. The van der Waals surface area contributed by atoms with Crippen molar-refractivity contribution >= 4 is 5.91 Å². The molecule has 2 aromatic heterocycles. The fourth-order valence-corrected chi connectivity index (χ4v) is 5.71. The Morgan fingerprint density at radius 3 is 3.10 bits per heavy atom. The van der Waals surface area contributed by atoms with E-state index in [1.54, 1.807) is 6.20 Å². The van der Waals surface area contributed by atoms with Crippen molar-refractivity contribution in [2.75, 3.05) is 19.6 Å². The van der Waals surface area contributed by atoms with E-state index in [4.69, 9.17) is 9.26 Å². The van der Waals surface area contributed by atoms with Crippen LogP contribution in [0.15, 0.2) is 16.8 Å². The van der Waals surface area contributed by atoms with E-state index in [0.29, 0.717) is 31.2 Å². The van der Waals surface area contributed by atoms with Crippen LogP contribution < -0.4 is 5.32 Å². The molecular formula is C21H29N5O3. The first kappa shape index (κ1) is 18.8. The summed E-state index contributed by atoms with van der Waals surface area (Å²) in [7, 11) is 0. The third kappa shape index (κ3) is 3.38. The Balaban J connectivity index is 1.16. The molecule has 3 fully saturated rings. The molecule has 3 aliphatic rings. The van der Waals surface area contributed by atoms with E-state index in [1.807, 2.05) is 19.9 Å². The number of carbonyl (C=O) groups is 1. The molecule has 0 unspecified atom stereocenters. The van der Waals surface area contributed by atoms with E-state index >= 15 is 0 Å². The Morgan fingerprint density at radius 1 is 1.45 bits per heavy atom. The number of hydrogen-bond donors (Lipinski definition) is 2. The minimum atomic E-state index is -0.0171. The maximum atomic E-state index is 12.5. The Morgan fingerprint density at radius 2 is 2.34 bits per heavy atom. The summed E-state index contributed by atoms with van der Waals surface area (Å²) < 4.78 is 11.7. The van der Waals surface area contributed by atoms with Crippen LogP contribution in [-0.2, 0) is 22.5 Å². The molecule has 3 aliphatic heterocycles. The molecule has 0 radical (unpaired) electrons. The second-order valence-corrected chi connectivity index (χ2v) is 8.89. The topological polar surface area (TPSA) is 96.3 Å². The normalized spacial score (nSPS) is 30.8. The number of likely N-dealkylation sites (tertiary alicyclic amines) is 1. The van der Waals surface area contributed by atoms with Gasteiger partial charge in [0, 0.05) is 61.9 Å². The zero-order valence-electron chi connectivity index (χ0n) is 17.1. The first-order chi connectivity index (χ1) is 14.0. The number of nitrogens with one attached hydrogen (secondary N) is 2. The van der Waals surface area contributed by atoms with Crippen molar-refractivity contribution in [2.45, 2.75) is 57.8 Å². The molecule has 2 N–H and O–H groups in total. The Labute approximate surface area is 170 Å². The van der Waals surface area contributed by atoms with E-state index < -0.39 is 0 Å². The minimum Gasteiger partial charge on any atom is -0.370 e. The molecule has 0 saturated carbocycles. The predicted octanol–water partition coefficient (Wildman–Crippen LogP) is 1.74. The summed E-state index contributed by atoms with van der Waals surface area (Å²) in [5, 5.41) is 14.2. The number of fused-ring (bicyclic) bond motifs is 1. The van der Waals surface area contributed by atoms with E-state index in [2.05, 4.69) is 25.6 Å². The van der Waals surface area contributed by atoms with E-state index in [1.165, 1.54) is 0 Å². The van der Waals surface area contributed by atoms with Crippen molar-refractivity contribution in [1.29, 1.82) is 0 Å². The van der Waals surface area contributed by atoms with Crippen molar-refractivity contribution in [2.24, 2.45) is 11.8 Å². The molecule has 8 heteroatoms. The fourth-order valence-electron chi connectivity index (χ4n) is 5.71. The lowest BCUT2D eigenvalue weighted by Crippen LogP contribution is -2.41. The largest absolute Gasteiger partial charge is 0.370 e. The number of aryl methyl sites for hydroxylation is 2. The Bertz CT molecular complexity index is 860. The Hall–Kier alpha value is -2.19. The lowest BCUT2D eigenvalue weighted by Gasteiger charge is -2.29. The average molecular weight is 399 g/mol. The number of H-pyrrole nitrogens is 1. The molecule has 0 aromatic carbocycles. The summed E-state index contributed by atoms with van der Waals surface area (Å²) in [6, 6.07) is 2.03. The number of hydrogen-bond acceptors (Lipinski definition) is 6. The van der Waals surface area contributed by atoms with Crippen LogP contribution in [-0.4, -0.2) is 57.5 Å². The van der Waals surface area contributed by atoms with Crippen molar-refractivity contribution < 1.29 is 14.1 Å². The maximum absolute atomic E-state index is 12.5. The highest BCUT2D eigenvalue weighted by atomic mass is 16.5. The molecule has 1 spiro atoms. The summed E-state index contributed by atoms with van der Waals surface area (Å²) >= 11 is 0. The second kappa shape index (κ2) is 7.25. The smallest absolute Gasteiger partial charge is 0.220 e. The zero-order valence-corrected chi connectivity index (χ0v) is 17.1. The molecule has 8 nitrogen and oxygen atoms in total. The molecule has 5 rings (SSSR count). The van der Waals surface area contributed by atoms with Gasteiger partial charge in [0.05, 0.1) is 17.4 Å². The standard InChI is InChI=1S/C21H29N5O3/c1-13-16(14(2)29-25-13)3-4-20(27)22-9-17-18-11-26(10-15-6-8-23-24-15)12-21(18)7-5-19(17)28-21/h6,8,17-19H,3-5,7,9-12H2,1-2H3,(H,22,27)(H,23,24)/t17-,18+,19+,21+/m0/s1. The van der Waals surface area contributed by atoms with Crippen LogP contribution in [0.1, 0.15) is 42.0 Å². The predicted molar refractivity (Wildman–Crippen MR) is 105 cm³/mol. The molecule has 1 amide bonds. The highest BCUT2D eigenvalue weighted by Crippen LogP contribution is 2.54. The van der Waals surface area contributed by atoms with Gasteiger partial charge in [-0.3, -0.25) is 14.8 Å². The third-order valence-corrected chi connectivity index (χ3v) is 7.12. The van der Waals surface area contributed by atoms with E-state index in [9.17, 15) is 4.79 Å². The highest BCUT2D eigenvalue weighted by Gasteiger charge is 2.62. The van der Waals surface area contributed by atoms with E-state index in [0.717, 1.165) is 55.2 Å². The molecule has 4 atom stereocenters. The van der Waals surface area contributed by atoms with Gasteiger partial charge in [0.2, 0.25) is 5.91 Å². The molecule has 3 saturated heterocycles. The SMILES string of the molecule is Cc1noc(C)c1CCC(=O)NC[C@H]1[C@H]2CN(Cc3ccn[nH]3)C[C@]23CC[C@H]1O3. The zero-order chi connectivity index (χ0) is 20.0. The summed E-state index contributed by atoms with van der Waals surface area (Å²) in [5.74, 6) is 1.79. The summed E-state index contributed by atoms with van der Waals surface area (Å²) in [5.41, 5.74) is 3.05. The van der Waals surface area contributed by atoms with Crippen LogP contribution in [0.5, 0.6) is 0 Å². The molecule has 5 heterocycles. The maximum Gasteiger partial charge on any atom is 0.220 e. The van der Waals surface area contributed by atoms with Crippen molar-refractivity contribution in [3.63, 3.8) is 0 Å². The lowest BCUT2D eigenvalue weighted by atomic mass is 9.73. The summed E-state index contributed by atoms with van der Waals surface area (Å²) in [6.07, 6.45) is 5.46. The van der Waals surface area contributed by atoms with Gasteiger partial charge in [-0.2, -0.15) is 5.10 Å². The summed E-state index contributed by atoms with van der Waals surface area (Å²) in [4.78, 5) is 14.9. The molecular weight excluding hydrogens is 370 g/mol. The van der Waals surface area contributed by atoms with Gasteiger partial charge in [-0.15, -0.1) is 0 Å². The van der Waals surface area contributed by atoms with Crippen LogP contribution in [0.4, 0.5) is 0 Å². The van der Waals surface area contributed by atoms with Gasteiger partial charge in [0.15, 0.2) is 0 Å². The summed E-state index contributed by atoms with van der Waals surface area (Å²) in [6.45, 7) is 7.40. The quantitative estimate of drug-likeness (QED) is 0.736. The van der Waals surface area contributed by atoms with Gasteiger partial charge in [-0.25, -0.2) is 0 Å². The number of amides is 1. The number of rotatable bonds is 7. The van der Waals surface area contributed by atoms with Crippen LogP contribution >= 0.6 is 0 Å². The van der Waals surface area contributed by atoms with Gasteiger partial charge in [-0.1, -0.05) is 5.16 Å². The highest BCUT2D eigenvalue weighted by molar-refractivity contribution is 5.76. The average Bonchev–Trinajstić information content (AvgIpc) is 3.49. The van der Waals surface area contributed by atoms with Crippen molar-refractivity contribution in [1.82, 2.24) is 25.6 Å². The van der Waals surface area contributed by atoms with Crippen molar-refractivity contribution in [3.05, 3.63) is 35.0 Å². The molecule has 2 aromatic rings. The second-order valence-electron chi connectivity index (χ2n) is 8.89. The van der Waals surface area contributed by atoms with E-state index in [-0.39, 0.29) is 17.6 Å². The number of ether oxygens (including phenoxy) is 1. The Kier molecular flexibility index (Phi) is 4.70.